The third-order valence-corrected chi connectivity index (χ3v) is 5.22. The fourth-order valence-electron chi connectivity index (χ4n) is 2.81. The number of thioether (sulfide) groups is 1. The van der Waals surface area contributed by atoms with E-state index in [1.54, 1.807) is 11.8 Å². The second kappa shape index (κ2) is 8.68. The molecular weight excluding hydrogens is 332 g/mol. The molecule has 0 amide bonds. The van der Waals surface area contributed by atoms with Crippen molar-refractivity contribution in [3.63, 3.8) is 0 Å². The van der Waals surface area contributed by atoms with Gasteiger partial charge in [-0.25, -0.2) is 0 Å². The van der Waals surface area contributed by atoms with E-state index in [2.05, 4.69) is 20.1 Å². The lowest BCUT2D eigenvalue weighted by Gasteiger charge is -2.21. The van der Waals surface area contributed by atoms with Crippen LogP contribution in [0.25, 0.3) is 0 Å². The molecule has 126 valence electrons. The van der Waals surface area contributed by atoms with Crippen LogP contribution in [0.15, 0.2) is 35.5 Å². The normalized spacial score (nSPS) is 16.8. The van der Waals surface area contributed by atoms with Crippen molar-refractivity contribution >= 4 is 24.2 Å². The molecule has 5 nitrogen and oxygen atoms in total. The Morgan fingerprint density at radius 2 is 1.96 bits per heavy atom. The van der Waals surface area contributed by atoms with Crippen molar-refractivity contribution in [3.05, 3.63) is 41.7 Å². The van der Waals surface area contributed by atoms with Gasteiger partial charge in [0.05, 0.1) is 6.10 Å². The van der Waals surface area contributed by atoms with Crippen LogP contribution < -0.4 is 5.32 Å². The summed E-state index contributed by atoms with van der Waals surface area (Å²) in [5, 5.41) is 23.2. The second-order valence-corrected chi connectivity index (χ2v) is 6.65. The van der Waals surface area contributed by atoms with Crippen molar-refractivity contribution in [2.75, 3.05) is 18.8 Å². The van der Waals surface area contributed by atoms with E-state index in [-0.39, 0.29) is 12.4 Å². The molecule has 0 spiro atoms. The molecule has 3 rings (SSSR count). The van der Waals surface area contributed by atoms with E-state index >= 15 is 0 Å². The molecule has 2 heterocycles. The van der Waals surface area contributed by atoms with Crippen LogP contribution in [0.3, 0.4) is 0 Å². The highest BCUT2D eigenvalue weighted by Gasteiger charge is 2.22. The minimum Gasteiger partial charge on any atom is -0.388 e. The zero-order chi connectivity index (χ0) is 15.4. The fourth-order valence-corrected chi connectivity index (χ4v) is 3.70. The lowest BCUT2D eigenvalue weighted by molar-refractivity contribution is 0.204. The SMILES string of the molecule is Cl.Cn1c(SCC(O)c2ccccc2)nnc1C1CCNCC1. The Bertz CT molecular complexity index is 601. The third-order valence-electron chi connectivity index (χ3n) is 4.13. The molecule has 1 atom stereocenters. The Kier molecular flexibility index (Phi) is 6.89. The maximum atomic E-state index is 10.2. The molecule has 1 aliphatic rings. The molecule has 7 heteroatoms. The van der Waals surface area contributed by atoms with Gasteiger partial charge in [0.25, 0.3) is 0 Å². The molecule has 2 N–H and O–H groups in total. The van der Waals surface area contributed by atoms with Gasteiger partial charge in [-0.05, 0) is 31.5 Å². The van der Waals surface area contributed by atoms with Crippen molar-refractivity contribution in [1.29, 1.82) is 0 Å². The number of aliphatic hydroxyl groups is 1. The molecule has 1 saturated heterocycles. The Hall–Kier alpha value is -1.08. The van der Waals surface area contributed by atoms with Gasteiger partial charge in [-0.15, -0.1) is 22.6 Å². The van der Waals surface area contributed by atoms with Crippen LogP contribution in [0.4, 0.5) is 0 Å². The molecule has 1 unspecified atom stereocenters. The van der Waals surface area contributed by atoms with Crippen molar-refractivity contribution in [2.45, 2.75) is 30.0 Å². The summed E-state index contributed by atoms with van der Waals surface area (Å²) in [5.41, 5.74) is 0.941. The van der Waals surface area contributed by atoms with Gasteiger partial charge in [0.2, 0.25) is 0 Å². The first-order valence-electron chi connectivity index (χ1n) is 7.71. The van der Waals surface area contributed by atoms with Crippen LogP contribution in [-0.4, -0.2) is 38.7 Å². The van der Waals surface area contributed by atoms with Gasteiger partial charge >= 0.3 is 0 Å². The first-order chi connectivity index (χ1) is 10.8. The number of rotatable bonds is 5. The average Bonchev–Trinajstić information content (AvgIpc) is 2.95. The molecule has 1 aromatic heterocycles. The van der Waals surface area contributed by atoms with Crippen LogP contribution >= 0.6 is 24.2 Å². The Balaban J connectivity index is 0.00000192. The van der Waals surface area contributed by atoms with Gasteiger partial charge in [-0.3, -0.25) is 0 Å². The number of nitrogens with zero attached hydrogens (tertiary/aromatic N) is 3. The Morgan fingerprint density at radius 3 is 2.65 bits per heavy atom. The minimum absolute atomic E-state index is 0. The number of nitrogens with one attached hydrogen (secondary N) is 1. The number of piperidine rings is 1. The second-order valence-electron chi connectivity index (χ2n) is 5.66. The zero-order valence-corrected chi connectivity index (χ0v) is 14.8. The average molecular weight is 355 g/mol. The first kappa shape index (κ1) is 18.3. The highest BCUT2D eigenvalue weighted by Crippen LogP contribution is 2.28. The van der Waals surface area contributed by atoms with Crippen molar-refractivity contribution in [2.24, 2.45) is 7.05 Å². The van der Waals surface area contributed by atoms with Crippen LogP contribution in [-0.2, 0) is 7.05 Å². The summed E-state index contributed by atoms with van der Waals surface area (Å²) >= 11 is 1.56. The number of aliphatic hydroxyl groups excluding tert-OH is 1. The highest BCUT2D eigenvalue weighted by molar-refractivity contribution is 7.99. The van der Waals surface area contributed by atoms with Gasteiger partial charge < -0.3 is 15.0 Å². The van der Waals surface area contributed by atoms with E-state index in [4.69, 9.17) is 0 Å². The lowest BCUT2D eigenvalue weighted by Crippen LogP contribution is -2.27. The highest BCUT2D eigenvalue weighted by atomic mass is 35.5. The quantitative estimate of drug-likeness (QED) is 0.808. The smallest absolute Gasteiger partial charge is 0.191 e. The molecule has 2 aromatic rings. The van der Waals surface area contributed by atoms with Gasteiger partial charge in [-0.2, -0.15) is 0 Å². The minimum atomic E-state index is -0.481. The van der Waals surface area contributed by atoms with Gasteiger partial charge in [0.15, 0.2) is 5.16 Å². The lowest BCUT2D eigenvalue weighted by atomic mass is 9.97. The predicted molar refractivity (Wildman–Crippen MR) is 95.2 cm³/mol. The number of hydrogen-bond acceptors (Lipinski definition) is 5. The third kappa shape index (κ3) is 4.47. The van der Waals surface area contributed by atoms with Crippen LogP contribution in [0.1, 0.15) is 36.3 Å². The fraction of sp³-hybridized carbons (Fsp3) is 0.500. The number of hydrogen-bond donors (Lipinski definition) is 2. The largest absolute Gasteiger partial charge is 0.388 e. The van der Waals surface area contributed by atoms with Crippen molar-refractivity contribution < 1.29 is 5.11 Å². The summed E-state index contributed by atoms with van der Waals surface area (Å²) in [4.78, 5) is 0. The standard InChI is InChI=1S/C16H22N4OS.ClH/c1-20-15(13-7-9-17-10-8-13)18-19-16(20)22-11-14(21)12-5-3-2-4-6-12;/h2-6,13-14,17,21H,7-11H2,1H3;1H. The number of aromatic nitrogens is 3. The molecule has 1 aromatic carbocycles. The van der Waals surface area contributed by atoms with Crippen molar-refractivity contribution in [3.8, 4) is 0 Å². The number of benzene rings is 1. The maximum Gasteiger partial charge on any atom is 0.191 e. The topological polar surface area (TPSA) is 63.0 Å². The van der Waals surface area contributed by atoms with E-state index in [1.807, 2.05) is 37.4 Å². The van der Waals surface area contributed by atoms with E-state index < -0.39 is 6.10 Å². The Labute approximate surface area is 147 Å². The molecule has 0 radical (unpaired) electrons. The van der Waals surface area contributed by atoms with Crippen LogP contribution in [0.2, 0.25) is 0 Å². The molecule has 0 saturated carbocycles. The summed E-state index contributed by atoms with van der Waals surface area (Å²) in [5.74, 6) is 2.15. The zero-order valence-electron chi connectivity index (χ0n) is 13.2. The summed E-state index contributed by atoms with van der Waals surface area (Å²) < 4.78 is 2.08. The molecule has 1 aliphatic heterocycles. The summed E-state index contributed by atoms with van der Waals surface area (Å²) in [7, 11) is 2.02. The number of halogens is 1. The van der Waals surface area contributed by atoms with Gasteiger partial charge in [-0.1, -0.05) is 42.1 Å². The van der Waals surface area contributed by atoms with Crippen molar-refractivity contribution in [1.82, 2.24) is 20.1 Å². The van der Waals surface area contributed by atoms with Crippen LogP contribution in [0, 0.1) is 0 Å². The molecule has 1 fully saturated rings. The van der Waals surface area contributed by atoms with Gasteiger partial charge in [0, 0.05) is 18.7 Å². The first-order valence-corrected chi connectivity index (χ1v) is 8.70. The summed E-state index contributed by atoms with van der Waals surface area (Å²) in [6, 6.07) is 9.74. The van der Waals surface area contributed by atoms with Crippen LogP contribution in [0.5, 0.6) is 0 Å². The predicted octanol–water partition coefficient (Wildman–Crippen LogP) is 2.53. The molecule has 0 aliphatic carbocycles. The monoisotopic (exact) mass is 354 g/mol. The summed E-state index contributed by atoms with van der Waals surface area (Å²) in [6.45, 7) is 2.10. The van der Waals surface area contributed by atoms with E-state index in [1.165, 1.54) is 0 Å². The Morgan fingerprint density at radius 1 is 1.26 bits per heavy atom. The van der Waals surface area contributed by atoms with E-state index in [0.29, 0.717) is 11.7 Å². The van der Waals surface area contributed by atoms with E-state index in [0.717, 1.165) is 42.5 Å². The molecule has 23 heavy (non-hydrogen) atoms. The molecule has 0 bridgehead atoms. The summed E-state index contributed by atoms with van der Waals surface area (Å²) in [6.07, 6.45) is 1.75. The molecular formula is C16H23ClN4OS. The van der Waals surface area contributed by atoms with Gasteiger partial charge in [0.1, 0.15) is 5.82 Å². The maximum absolute atomic E-state index is 10.2. The van der Waals surface area contributed by atoms with E-state index in [9.17, 15) is 5.11 Å².